The highest BCUT2D eigenvalue weighted by Gasteiger charge is 2.50. The lowest BCUT2D eigenvalue weighted by molar-refractivity contribution is -0.108. The number of carbonyl (C=O) groups excluding carboxylic acids is 1. The van der Waals surface area contributed by atoms with E-state index >= 15 is 0 Å². The number of carbonyl (C=O) groups is 1. The van der Waals surface area contributed by atoms with Crippen molar-refractivity contribution in [2.75, 3.05) is 6.61 Å². The molecule has 2 aromatic rings. The molecule has 2 aromatic carbocycles. The van der Waals surface area contributed by atoms with Gasteiger partial charge in [-0.05, 0) is 46.0 Å². The van der Waals surface area contributed by atoms with Crippen LogP contribution < -0.4 is 10.4 Å². The molecule has 0 aromatic heterocycles. The SMILES string of the molecule is C[C@H](C[C@H](C)CO[Si](c1ccccc1)(c1ccccc1)C(C)(C)C)C[C@@H](C)CC=O. The highest BCUT2D eigenvalue weighted by molar-refractivity contribution is 6.99. The van der Waals surface area contributed by atoms with Crippen molar-refractivity contribution in [1.82, 2.24) is 0 Å². The van der Waals surface area contributed by atoms with Crippen LogP contribution in [0.2, 0.25) is 5.04 Å². The van der Waals surface area contributed by atoms with Crippen molar-refractivity contribution in [2.24, 2.45) is 17.8 Å². The third kappa shape index (κ3) is 6.15. The number of hydrogen-bond acceptors (Lipinski definition) is 2. The standard InChI is InChI=1S/C27H40O2Si/c1-22(17-18-28)19-23(2)20-24(3)21-29-30(27(4,5)6,25-13-9-7-10-14-25)26-15-11-8-12-16-26/h7-16,18,22-24H,17,19-21H2,1-6H3/t22-,23-,24-/m0/s1. The molecule has 0 fully saturated rings. The maximum atomic E-state index is 10.8. The van der Waals surface area contributed by atoms with Gasteiger partial charge in [-0.2, -0.15) is 0 Å². The fourth-order valence-electron chi connectivity index (χ4n) is 4.83. The van der Waals surface area contributed by atoms with Crippen LogP contribution in [0.4, 0.5) is 0 Å². The largest absolute Gasteiger partial charge is 0.407 e. The van der Waals surface area contributed by atoms with Gasteiger partial charge in [-0.1, -0.05) is 102 Å². The van der Waals surface area contributed by atoms with Crippen LogP contribution in [0.5, 0.6) is 0 Å². The second-order valence-electron chi connectivity index (χ2n) is 10.2. The van der Waals surface area contributed by atoms with Gasteiger partial charge in [-0.3, -0.25) is 0 Å². The number of hydrogen-bond donors (Lipinski definition) is 0. The highest BCUT2D eigenvalue weighted by atomic mass is 28.4. The van der Waals surface area contributed by atoms with E-state index in [2.05, 4.69) is 102 Å². The molecule has 0 spiro atoms. The molecular weight excluding hydrogens is 384 g/mol. The Morgan fingerprint density at radius 3 is 1.70 bits per heavy atom. The van der Waals surface area contributed by atoms with E-state index in [0.29, 0.717) is 24.2 Å². The van der Waals surface area contributed by atoms with Gasteiger partial charge in [0, 0.05) is 13.0 Å². The van der Waals surface area contributed by atoms with Crippen LogP contribution >= 0.6 is 0 Å². The molecule has 0 N–H and O–H groups in total. The van der Waals surface area contributed by atoms with Crippen LogP contribution in [0.25, 0.3) is 0 Å². The van der Waals surface area contributed by atoms with Crippen LogP contribution in [0.3, 0.4) is 0 Å². The van der Waals surface area contributed by atoms with E-state index in [1.165, 1.54) is 10.4 Å². The first-order valence-electron chi connectivity index (χ1n) is 11.4. The highest BCUT2D eigenvalue weighted by Crippen LogP contribution is 2.37. The normalized spacial score (nSPS) is 15.4. The van der Waals surface area contributed by atoms with Crippen molar-refractivity contribution < 1.29 is 9.22 Å². The molecule has 2 rings (SSSR count). The van der Waals surface area contributed by atoms with Crippen LogP contribution in [-0.4, -0.2) is 21.2 Å². The van der Waals surface area contributed by atoms with E-state index in [0.717, 1.165) is 25.7 Å². The molecule has 0 radical (unpaired) electrons. The maximum absolute atomic E-state index is 10.8. The van der Waals surface area contributed by atoms with Crippen molar-refractivity contribution in [3.63, 3.8) is 0 Å². The molecule has 0 saturated heterocycles. The zero-order chi connectivity index (χ0) is 22.2. The lowest BCUT2D eigenvalue weighted by Gasteiger charge is -2.43. The van der Waals surface area contributed by atoms with Crippen molar-refractivity contribution in [3.8, 4) is 0 Å². The van der Waals surface area contributed by atoms with Gasteiger partial charge in [0.15, 0.2) is 0 Å². The van der Waals surface area contributed by atoms with Crippen molar-refractivity contribution in [1.29, 1.82) is 0 Å². The summed E-state index contributed by atoms with van der Waals surface area (Å²) in [6, 6.07) is 21.7. The summed E-state index contributed by atoms with van der Waals surface area (Å²) < 4.78 is 7.06. The summed E-state index contributed by atoms with van der Waals surface area (Å²) in [5.41, 5.74) is 0. The Hall–Kier alpha value is -1.71. The predicted molar refractivity (Wildman–Crippen MR) is 131 cm³/mol. The van der Waals surface area contributed by atoms with Gasteiger partial charge in [0.25, 0.3) is 8.32 Å². The van der Waals surface area contributed by atoms with Crippen molar-refractivity contribution >= 4 is 25.0 Å². The molecule has 0 aliphatic rings. The average Bonchev–Trinajstić information content (AvgIpc) is 2.69. The first kappa shape index (κ1) is 24.6. The summed E-state index contributed by atoms with van der Waals surface area (Å²) in [6.45, 7) is 14.5. The first-order chi connectivity index (χ1) is 14.2. The summed E-state index contributed by atoms with van der Waals surface area (Å²) >= 11 is 0. The van der Waals surface area contributed by atoms with E-state index in [1.807, 2.05) is 0 Å². The lowest BCUT2D eigenvalue weighted by atomic mass is 9.89. The molecule has 0 bridgehead atoms. The first-order valence-corrected chi connectivity index (χ1v) is 13.3. The van der Waals surface area contributed by atoms with E-state index in [1.54, 1.807) is 0 Å². The second kappa shape index (κ2) is 11.1. The summed E-state index contributed by atoms with van der Waals surface area (Å²) in [4.78, 5) is 10.8. The summed E-state index contributed by atoms with van der Waals surface area (Å²) in [5.74, 6) is 1.53. The van der Waals surface area contributed by atoms with Crippen molar-refractivity contribution in [3.05, 3.63) is 60.7 Å². The van der Waals surface area contributed by atoms with Crippen LogP contribution in [0.1, 0.15) is 60.8 Å². The third-order valence-electron chi connectivity index (χ3n) is 6.11. The van der Waals surface area contributed by atoms with Gasteiger partial charge in [0.2, 0.25) is 0 Å². The fraction of sp³-hybridized carbons (Fsp3) is 0.519. The Balaban J connectivity index is 2.25. The molecule has 0 saturated carbocycles. The number of benzene rings is 2. The Bertz CT molecular complexity index is 712. The number of aldehydes is 1. The third-order valence-corrected chi connectivity index (χ3v) is 11.1. The average molecular weight is 425 g/mol. The summed E-state index contributed by atoms with van der Waals surface area (Å²) in [5, 5.41) is 2.69. The van der Waals surface area contributed by atoms with Crippen LogP contribution in [0, 0.1) is 17.8 Å². The maximum Gasteiger partial charge on any atom is 0.261 e. The number of rotatable bonds is 11. The monoisotopic (exact) mass is 424 g/mol. The fourth-order valence-corrected chi connectivity index (χ4v) is 9.52. The van der Waals surface area contributed by atoms with Gasteiger partial charge in [0.1, 0.15) is 6.29 Å². The zero-order valence-electron chi connectivity index (χ0n) is 19.7. The topological polar surface area (TPSA) is 26.3 Å². The Morgan fingerprint density at radius 1 is 0.800 bits per heavy atom. The molecular formula is C27H40O2Si. The minimum absolute atomic E-state index is 0.0134. The van der Waals surface area contributed by atoms with Gasteiger partial charge >= 0.3 is 0 Å². The second-order valence-corrected chi connectivity index (χ2v) is 14.5. The van der Waals surface area contributed by atoms with Gasteiger partial charge in [-0.15, -0.1) is 0 Å². The van der Waals surface area contributed by atoms with Crippen molar-refractivity contribution in [2.45, 2.75) is 65.8 Å². The molecule has 164 valence electrons. The Morgan fingerprint density at radius 2 is 1.27 bits per heavy atom. The van der Waals surface area contributed by atoms with E-state index < -0.39 is 8.32 Å². The summed E-state index contributed by atoms with van der Waals surface area (Å²) in [7, 11) is -2.45. The van der Waals surface area contributed by atoms with E-state index in [9.17, 15) is 4.79 Å². The predicted octanol–water partition coefficient (Wildman–Crippen LogP) is 5.84. The smallest absolute Gasteiger partial charge is 0.261 e. The summed E-state index contributed by atoms with van der Waals surface area (Å²) in [6.07, 6.45) is 3.94. The van der Waals surface area contributed by atoms with Crippen LogP contribution in [0.15, 0.2) is 60.7 Å². The molecule has 3 heteroatoms. The van der Waals surface area contributed by atoms with Gasteiger partial charge in [0.05, 0.1) is 0 Å². The molecule has 0 aliphatic heterocycles. The molecule has 3 atom stereocenters. The molecule has 2 nitrogen and oxygen atoms in total. The molecule has 30 heavy (non-hydrogen) atoms. The minimum Gasteiger partial charge on any atom is -0.407 e. The zero-order valence-corrected chi connectivity index (χ0v) is 20.7. The Kier molecular flexibility index (Phi) is 9.05. The molecule has 0 heterocycles. The lowest BCUT2D eigenvalue weighted by Crippen LogP contribution is -2.66. The molecule has 0 amide bonds. The Labute approximate surface area is 185 Å². The van der Waals surface area contributed by atoms with Crippen LogP contribution in [-0.2, 0) is 9.22 Å². The van der Waals surface area contributed by atoms with E-state index in [-0.39, 0.29) is 5.04 Å². The molecule has 0 unspecified atom stereocenters. The van der Waals surface area contributed by atoms with Gasteiger partial charge in [-0.25, -0.2) is 0 Å². The van der Waals surface area contributed by atoms with Gasteiger partial charge < -0.3 is 9.22 Å². The minimum atomic E-state index is -2.45. The van der Waals surface area contributed by atoms with E-state index in [4.69, 9.17) is 4.43 Å². The molecule has 0 aliphatic carbocycles. The quantitative estimate of drug-likeness (QED) is 0.334.